The maximum absolute atomic E-state index is 13.1. The van der Waals surface area contributed by atoms with Gasteiger partial charge in [-0.1, -0.05) is 6.07 Å². The molecule has 0 aliphatic rings. The molecule has 1 rings (SSSR count). The number of amides is 1. The second-order valence-electron chi connectivity index (χ2n) is 2.89. The van der Waals surface area contributed by atoms with Crippen LogP contribution in [0.15, 0.2) is 18.2 Å². The fourth-order valence-electron chi connectivity index (χ4n) is 0.985. The van der Waals surface area contributed by atoms with Crippen molar-refractivity contribution in [3.05, 3.63) is 35.4 Å². The van der Waals surface area contributed by atoms with Crippen molar-refractivity contribution in [1.82, 2.24) is 5.48 Å². The van der Waals surface area contributed by atoms with Crippen molar-refractivity contribution in [2.24, 2.45) is 0 Å². The molecule has 0 radical (unpaired) electrons. The summed E-state index contributed by atoms with van der Waals surface area (Å²) in [5.41, 5.74) is 0.946. The number of hydroxylamine groups is 1. The lowest BCUT2D eigenvalue weighted by Gasteiger charge is -2.06. The smallest absolute Gasteiger partial charge is 0.334 e. The van der Waals surface area contributed by atoms with Crippen molar-refractivity contribution in [2.45, 2.75) is 0 Å². The third-order valence-electron chi connectivity index (χ3n) is 1.77. The van der Waals surface area contributed by atoms with Crippen LogP contribution in [0.1, 0.15) is 10.4 Å². The summed E-state index contributed by atoms with van der Waals surface area (Å²) in [4.78, 5) is 26.3. The molecule has 0 bridgehead atoms. The number of benzene rings is 1. The predicted octanol–water partition coefficient (Wildman–Crippen LogP) is 0.799. The van der Waals surface area contributed by atoms with Crippen LogP contribution in [0.5, 0.6) is 0 Å². The molecule has 1 N–H and O–H groups in total. The lowest BCUT2D eigenvalue weighted by Crippen LogP contribution is -2.28. The Kier molecular flexibility index (Phi) is 4.53. The Balaban J connectivity index is 2.61. The minimum atomic E-state index is -1.12. The normalized spacial score (nSPS) is 9.82. The molecule has 0 aliphatic heterocycles. The van der Waals surface area contributed by atoms with E-state index in [1.54, 1.807) is 5.48 Å². The largest absolute Gasteiger partial charge is 0.467 e. The highest BCUT2D eigenvalue weighted by molar-refractivity contribution is 5.94. The Morgan fingerprint density at radius 3 is 2.41 bits per heavy atom. The summed E-state index contributed by atoms with van der Waals surface area (Å²) in [7, 11) is 1.13. The molecule has 1 aromatic rings. The Labute approximate surface area is 95.3 Å². The third kappa shape index (κ3) is 3.49. The highest BCUT2D eigenvalue weighted by Gasteiger charge is 2.17. The van der Waals surface area contributed by atoms with Crippen molar-refractivity contribution < 1.29 is 27.9 Å². The van der Waals surface area contributed by atoms with Gasteiger partial charge in [-0.2, -0.15) is 0 Å². The number of hydrogen-bond donors (Lipinski definition) is 1. The maximum Gasteiger partial charge on any atom is 0.334 e. The lowest BCUT2D eigenvalue weighted by atomic mass is 10.2. The average Bonchev–Trinajstić information content (AvgIpc) is 2.28. The first-order chi connectivity index (χ1) is 8.06. The fourth-order valence-corrected chi connectivity index (χ4v) is 0.985. The van der Waals surface area contributed by atoms with E-state index in [-0.39, 0.29) is 0 Å². The molecule has 1 aromatic carbocycles. The van der Waals surface area contributed by atoms with Crippen LogP contribution >= 0.6 is 0 Å². The number of nitrogens with one attached hydrogen (secondary N) is 1. The van der Waals surface area contributed by atoms with E-state index >= 15 is 0 Å². The van der Waals surface area contributed by atoms with Gasteiger partial charge < -0.3 is 4.74 Å². The van der Waals surface area contributed by atoms with Gasteiger partial charge in [0.1, 0.15) is 17.2 Å². The number of methoxy groups -OCH3 is 1. The van der Waals surface area contributed by atoms with E-state index in [9.17, 15) is 18.4 Å². The molecule has 17 heavy (non-hydrogen) atoms. The minimum Gasteiger partial charge on any atom is -0.467 e. The molecule has 0 saturated heterocycles. The number of halogens is 2. The molecular weight excluding hydrogens is 236 g/mol. The van der Waals surface area contributed by atoms with E-state index < -0.39 is 35.7 Å². The molecule has 0 aromatic heterocycles. The summed E-state index contributed by atoms with van der Waals surface area (Å²) < 4.78 is 30.4. The van der Waals surface area contributed by atoms with E-state index in [2.05, 4.69) is 9.57 Å². The van der Waals surface area contributed by atoms with Crippen molar-refractivity contribution in [3.8, 4) is 0 Å². The molecule has 92 valence electrons. The summed E-state index contributed by atoms with van der Waals surface area (Å²) in [5.74, 6) is -3.91. The zero-order valence-electron chi connectivity index (χ0n) is 8.83. The van der Waals surface area contributed by atoms with Gasteiger partial charge in [0.15, 0.2) is 6.61 Å². The first-order valence-corrected chi connectivity index (χ1v) is 4.49. The van der Waals surface area contributed by atoms with Gasteiger partial charge in [0, 0.05) is 0 Å². The van der Waals surface area contributed by atoms with Gasteiger partial charge in [-0.15, -0.1) is 0 Å². The van der Waals surface area contributed by atoms with Crippen LogP contribution in [0.25, 0.3) is 0 Å². The van der Waals surface area contributed by atoms with Crippen molar-refractivity contribution in [2.75, 3.05) is 13.7 Å². The van der Waals surface area contributed by atoms with Crippen molar-refractivity contribution in [3.63, 3.8) is 0 Å². The average molecular weight is 245 g/mol. The second kappa shape index (κ2) is 5.90. The van der Waals surface area contributed by atoms with Gasteiger partial charge in [0.25, 0.3) is 5.91 Å². The molecular formula is C10H9F2NO4. The number of ether oxygens (including phenoxy) is 1. The lowest BCUT2D eigenvalue weighted by molar-refractivity contribution is -0.147. The molecule has 5 nitrogen and oxygen atoms in total. The Hall–Kier alpha value is -2.02. The summed E-state index contributed by atoms with van der Waals surface area (Å²) in [5, 5.41) is 0. The van der Waals surface area contributed by atoms with E-state index in [1.807, 2.05) is 0 Å². The molecule has 0 fully saturated rings. The van der Waals surface area contributed by atoms with Crippen LogP contribution in [-0.2, 0) is 14.4 Å². The molecule has 1 amide bonds. The maximum atomic E-state index is 13.1. The second-order valence-corrected chi connectivity index (χ2v) is 2.89. The Morgan fingerprint density at radius 1 is 1.29 bits per heavy atom. The predicted molar refractivity (Wildman–Crippen MR) is 51.8 cm³/mol. The number of rotatable bonds is 4. The molecule has 0 spiro atoms. The summed E-state index contributed by atoms with van der Waals surface area (Å²) in [6.07, 6.45) is 0. The molecule has 0 unspecified atom stereocenters. The molecule has 0 heterocycles. The van der Waals surface area contributed by atoms with E-state index in [0.29, 0.717) is 0 Å². The van der Waals surface area contributed by atoms with Crippen LogP contribution in [0.4, 0.5) is 8.78 Å². The van der Waals surface area contributed by atoms with Gasteiger partial charge in [-0.05, 0) is 12.1 Å². The van der Waals surface area contributed by atoms with E-state index in [4.69, 9.17) is 0 Å². The van der Waals surface area contributed by atoms with Crippen LogP contribution < -0.4 is 5.48 Å². The molecule has 7 heteroatoms. The number of carbonyl (C=O) groups excluding carboxylic acids is 2. The third-order valence-corrected chi connectivity index (χ3v) is 1.77. The Morgan fingerprint density at radius 2 is 1.88 bits per heavy atom. The Bertz CT molecular complexity index is 416. The SMILES string of the molecule is COC(=O)CONC(=O)c1c(F)cccc1F. The zero-order valence-corrected chi connectivity index (χ0v) is 8.83. The van der Waals surface area contributed by atoms with E-state index in [1.165, 1.54) is 0 Å². The molecule has 0 aliphatic carbocycles. The van der Waals surface area contributed by atoms with Gasteiger partial charge in [0.05, 0.1) is 7.11 Å². The highest BCUT2D eigenvalue weighted by atomic mass is 19.1. The number of carbonyl (C=O) groups is 2. The quantitative estimate of drug-likeness (QED) is 0.629. The summed E-state index contributed by atoms with van der Waals surface area (Å²) >= 11 is 0. The van der Waals surface area contributed by atoms with Crippen LogP contribution in [0.2, 0.25) is 0 Å². The van der Waals surface area contributed by atoms with Crippen LogP contribution in [-0.4, -0.2) is 25.6 Å². The molecule has 0 saturated carbocycles. The highest BCUT2D eigenvalue weighted by Crippen LogP contribution is 2.11. The van der Waals surface area contributed by atoms with Crippen LogP contribution in [0, 0.1) is 11.6 Å². The first-order valence-electron chi connectivity index (χ1n) is 4.49. The summed E-state index contributed by atoms with van der Waals surface area (Å²) in [6.45, 7) is -0.557. The zero-order chi connectivity index (χ0) is 12.8. The fraction of sp³-hybridized carbons (Fsp3) is 0.200. The number of esters is 1. The topological polar surface area (TPSA) is 64.6 Å². The van der Waals surface area contributed by atoms with Crippen molar-refractivity contribution >= 4 is 11.9 Å². The van der Waals surface area contributed by atoms with Gasteiger partial charge in [0.2, 0.25) is 0 Å². The standard InChI is InChI=1S/C10H9F2NO4/c1-16-8(14)5-17-13-10(15)9-6(11)3-2-4-7(9)12/h2-4H,5H2,1H3,(H,13,15). The minimum absolute atomic E-state index is 0.557. The summed E-state index contributed by atoms with van der Waals surface area (Å²) in [6, 6.07) is 2.98. The van der Waals surface area contributed by atoms with Crippen LogP contribution in [0.3, 0.4) is 0 Å². The van der Waals surface area contributed by atoms with Gasteiger partial charge in [-0.3, -0.25) is 9.63 Å². The monoisotopic (exact) mass is 245 g/mol. The first kappa shape index (κ1) is 13.0. The van der Waals surface area contributed by atoms with E-state index in [0.717, 1.165) is 25.3 Å². The van der Waals surface area contributed by atoms with Gasteiger partial charge in [-0.25, -0.2) is 19.1 Å². The van der Waals surface area contributed by atoms with Gasteiger partial charge >= 0.3 is 5.97 Å². The molecule has 0 atom stereocenters. The number of hydrogen-bond acceptors (Lipinski definition) is 4. The van der Waals surface area contributed by atoms with Crippen molar-refractivity contribution in [1.29, 1.82) is 0 Å².